The molecule has 0 aromatic heterocycles. The molecular weight excluding hydrogens is 236 g/mol. The van der Waals surface area contributed by atoms with Gasteiger partial charge in [0.1, 0.15) is 0 Å². The van der Waals surface area contributed by atoms with Crippen molar-refractivity contribution in [1.82, 2.24) is 4.90 Å². The maximum atomic E-state index is 8.87. The fraction of sp³-hybridized carbons (Fsp3) is 0.750. The predicted molar refractivity (Wildman–Crippen MR) is 72.4 cm³/mol. The van der Waals surface area contributed by atoms with Gasteiger partial charge in [-0.1, -0.05) is 0 Å². The van der Waals surface area contributed by atoms with Gasteiger partial charge in [-0.2, -0.15) is 5.26 Å². The zero-order valence-corrected chi connectivity index (χ0v) is 11.2. The Kier molecular flexibility index (Phi) is 4.92. The van der Waals surface area contributed by atoms with Gasteiger partial charge in [-0.25, -0.2) is 0 Å². The maximum absolute atomic E-state index is 8.87. The third-order valence-electron chi connectivity index (χ3n) is 2.92. The van der Waals surface area contributed by atoms with Gasteiger partial charge in [0.2, 0.25) is 0 Å². The molecule has 2 nitrogen and oxygen atoms in total. The van der Waals surface area contributed by atoms with Crippen LogP contribution in [0.1, 0.15) is 25.7 Å². The van der Waals surface area contributed by atoms with E-state index >= 15 is 0 Å². The molecule has 1 saturated heterocycles. The van der Waals surface area contributed by atoms with Crippen LogP contribution in [0.15, 0.2) is 11.8 Å². The Morgan fingerprint density at radius 1 is 1.38 bits per heavy atom. The van der Waals surface area contributed by atoms with E-state index < -0.39 is 0 Å². The van der Waals surface area contributed by atoms with Crippen molar-refractivity contribution in [1.29, 1.82) is 5.26 Å². The molecule has 0 radical (unpaired) electrons. The van der Waals surface area contributed by atoms with Gasteiger partial charge in [-0.15, -0.1) is 23.5 Å². The fourth-order valence-electron chi connectivity index (χ4n) is 2.06. The predicted octanol–water partition coefficient (Wildman–Crippen LogP) is 3.08. The van der Waals surface area contributed by atoms with Crippen LogP contribution in [0, 0.1) is 11.3 Å². The van der Waals surface area contributed by atoms with E-state index in [0.717, 1.165) is 36.1 Å². The Labute approximate surface area is 106 Å². The lowest BCUT2D eigenvalue weighted by atomic mass is 10.1. The van der Waals surface area contributed by atoms with Crippen LogP contribution in [0.5, 0.6) is 0 Å². The zero-order chi connectivity index (χ0) is 11.2. The standard InChI is InChI=1S/C12H18N2S2/c13-9-11-3-1-5-14(10-11)6-4-12-15-7-2-8-16-12/h10,12H,1-8H2. The molecule has 4 heteroatoms. The first kappa shape index (κ1) is 12.2. The summed E-state index contributed by atoms with van der Waals surface area (Å²) in [7, 11) is 0. The van der Waals surface area contributed by atoms with Crippen molar-refractivity contribution in [3.05, 3.63) is 11.8 Å². The molecule has 16 heavy (non-hydrogen) atoms. The lowest BCUT2D eigenvalue weighted by Gasteiger charge is -2.28. The van der Waals surface area contributed by atoms with Crippen molar-refractivity contribution in [2.45, 2.75) is 30.3 Å². The molecule has 2 aliphatic heterocycles. The summed E-state index contributed by atoms with van der Waals surface area (Å²) in [5.41, 5.74) is 0.954. The largest absolute Gasteiger partial charge is 0.376 e. The lowest BCUT2D eigenvalue weighted by molar-refractivity contribution is 0.350. The molecule has 0 atom stereocenters. The average molecular weight is 254 g/mol. The summed E-state index contributed by atoms with van der Waals surface area (Å²) >= 11 is 4.22. The molecular formula is C12H18N2S2. The highest BCUT2D eigenvalue weighted by atomic mass is 32.2. The SMILES string of the molecule is N#CC1=CN(CCC2SCCCS2)CCC1. The van der Waals surface area contributed by atoms with Crippen molar-refractivity contribution < 1.29 is 0 Å². The summed E-state index contributed by atoms with van der Waals surface area (Å²) in [4.78, 5) is 2.33. The Bertz CT molecular complexity index is 290. The van der Waals surface area contributed by atoms with Gasteiger partial charge in [0, 0.05) is 24.9 Å². The van der Waals surface area contributed by atoms with Crippen molar-refractivity contribution in [2.24, 2.45) is 0 Å². The van der Waals surface area contributed by atoms with Crippen LogP contribution >= 0.6 is 23.5 Å². The monoisotopic (exact) mass is 254 g/mol. The number of nitrogens with zero attached hydrogens (tertiary/aromatic N) is 2. The highest BCUT2D eigenvalue weighted by Gasteiger charge is 2.16. The summed E-state index contributed by atoms with van der Waals surface area (Å²) < 4.78 is 0.787. The first-order valence-corrected chi connectivity index (χ1v) is 8.06. The molecule has 1 fully saturated rings. The highest BCUT2D eigenvalue weighted by molar-refractivity contribution is 8.17. The fourth-order valence-corrected chi connectivity index (χ4v) is 4.89. The number of allylic oxidation sites excluding steroid dienone is 1. The quantitative estimate of drug-likeness (QED) is 0.773. The van der Waals surface area contributed by atoms with E-state index in [-0.39, 0.29) is 0 Å². The van der Waals surface area contributed by atoms with Crippen molar-refractivity contribution >= 4 is 23.5 Å². The summed E-state index contributed by atoms with van der Waals surface area (Å²) in [6, 6.07) is 2.28. The van der Waals surface area contributed by atoms with E-state index in [9.17, 15) is 0 Å². The van der Waals surface area contributed by atoms with Gasteiger partial charge >= 0.3 is 0 Å². The summed E-state index contributed by atoms with van der Waals surface area (Å²) in [6.07, 6.45) is 6.81. The number of thioether (sulfide) groups is 2. The lowest BCUT2D eigenvalue weighted by Crippen LogP contribution is -2.26. The highest BCUT2D eigenvalue weighted by Crippen LogP contribution is 2.33. The molecule has 0 unspecified atom stereocenters. The molecule has 0 aromatic rings. The first-order chi connectivity index (χ1) is 7.88. The number of nitriles is 1. The van der Waals surface area contributed by atoms with Crippen LogP contribution in [0.25, 0.3) is 0 Å². The van der Waals surface area contributed by atoms with E-state index in [1.54, 1.807) is 0 Å². The molecule has 0 amide bonds. The Hall–Kier alpha value is -0.270. The van der Waals surface area contributed by atoms with E-state index in [1.165, 1.54) is 24.3 Å². The van der Waals surface area contributed by atoms with E-state index in [4.69, 9.17) is 5.26 Å². The van der Waals surface area contributed by atoms with Gasteiger partial charge in [-0.3, -0.25) is 0 Å². The van der Waals surface area contributed by atoms with Crippen LogP contribution in [0.4, 0.5) is 0 Å². The Morgan fingerprint density at radius 3 is 2.94 bits per heavy atom. The molecule has 0 aromatic carbocycles. The van der Waals surface area contributed by atoms with Crippen molar-refractivity contribution in [3.8, 4) is 6.07 Å². The molecule has 88 valence electrons. The van der Waals surface area contributed by atoms with Crippen LogP contribution in [-0.2, 0) is 0 Å². The second-order valence-electron chi connectivity index (χ2n) is 4.22. The molecule has 0 N–H and O–H groups in total. The van der Waals surface area contributed by atoms with Crippen molar-refractivity contribution in [3.63, 3.8) is 0 Å². The van der Waals surface area contributed by atoms with Crippen LogP contribution in [-0.4, -0.2) is 34.1 Å². The molecule has 0 bridgehead atoms. The van der Waals surface area contributed by atoms with Crippen LogP contribution in [0.2, 0.25) is 0 Å². The maximum Gasteiger partial charge on any atom is 0.0962 e. The first-order valence-electron chi connectivity index (χ1n) is 5.96. The summed E-state index contributed by atoms with van der Waals surface area (Å²) in [5, 5.41) is 8.87. The van der Waals surface area contributed by atoms with Gasteiger partial charge < -0.3 is 4.90 Å². The van der Waals surface area contributed by atoms with Crippen LogP contribution in [0.3, 0.4) is 0 Å². The molecule has 2 aliphatic rings. The minimum Gasteiger partial charge on any atom is -0.376 e. The minimum atomic E-state index is 0.787. The van der Waals surface area contributed by atoms with Gasteiger partial charge in [0.15, 0.2) is 0 Å². The Balaban J connectivity index is 1.75. The van der Waals surface area contributed by atoms with Gasteiger partial charge in [0.25, 0.3) is 0 Å². The number of hydrogen-bond acceptors (Lipinski definition) is 4. The zero-order valence-electron chi connectivity index (χ0n) is 9.52. The second kappa shape index (κ2) is 6.46. The Morgan fingerprint density at radius 2 is 2.19 bits per heavy atom. The van der Waals surface area contributed by atoms with E-state index in [1.807, 2.05) is 0 Å². The van der Waals surface area contributed by atoms with Crippen LogP contribution < -0.4 is 0 Å². The van der Waals surface area contributed by atoms with E-state index in [2.05, 4.69) is 40.7 Å². The molecule has 2 rings (SSSR count). The molecule has 0 saturated carbocycles. The summed E-state index contributed by atoms with van der Waals surface area (Å²) in [5.74, 6) is 2.66. The smallest absolute Gasteiger partial charge is 0.0962 e. The molecule has 2 heterocycles. The topological polar surface area (TPSA) is 27.0 Å². The van der Waals surface area contributed by atoms with Crippen molar-refractivity contribution in [2.75, 3.05) is 24.6 Å². The third kappa shape index (κ3) is 3.64. The van der Waals surface area contributed by atoms with Gasteiger partial charge in [0.05, 0.1) is 10.7 Å². The van der Waals surface area contributed by atoms with E-state index in [0.29, 0.717) is 0 Å². The molecule has 0 spiro atoms. The molecule has 0 aliphatic carbocycles. The minimum absolute atomic E-state index is 0.787. The second-order valence-corrected chi connectivity index (χ2v) is 7.14. The number of rotatable bonds is 3. The third-order valence-corrected chi connectivity index (χ3v) is 6.00. The summed E-state index contributed by atoms with van der Waals surface area (Å²) in [6.45, 7) is 2.25. The normalized spacial score (nSPS) is 22.7. The average Bonchev–Trinajstić information content (AvgIpc) is 2.38. The number of hydrogen-bond donors (Lipinski definition) is 0. The van der Waals surface area contributed by atoms with Gasteiger partial charge in [-0.05, 0) is 37.2 Å².